The van der Waals surface area contributed by atoms with Crippen LogP contribution in [-0.2, 0) is 9.84 Å². The Hall–Kier alpha value is -0.870. The molecular weight excluding hydrogens is 270 g/mol. The predicted molar refractivity (Wildman–Crippen MR) is 86.0 cm³/mol. The molecular formula is C16H27NO2S. The molecule has 0 aliphatic carbocycles. The Balaban J connectivity index is 2.66. The maximum absolute atomic E-state index is 11.2. The maximum atomic E-state index is 11.2. The van der Waals surface area contributed by atoms with Gasteiger partial charge in [-0.3, -0.25) is 0 Å². The van der Waals surface area contributed by atoms with Crippen molar-refractivity contribution in [2.45, 2.75) is 45.6 Å². The second-order valence-electron chi connectivity index (χ2n) is 5.94. The van der Waals surface area contributed by atoms with E-state index in [0.29, 0.717) is 12.0 Å². The van der Waals surface area contributed by atoms with Gasteiger partial charge in [-0.15, -0.1) is 0 Å². The van der Waals surface area contributed by atoms with E-state index in [-0.39, 0.29) is 5.75 Å². The number of aryl methyl sites for hydroxylation is 1. The lowest BCUT2D eigenvalue weighted by Gasteiger charge is -2.20. The fourth-order valence-corrected chi connectivity index (χ4v) is 2.89. The summed E-state index contributed by atoms with van der Waals surface area (Å²) in [5.41, 5.74) is 2.54. The van der Waals surface area contributed by atoms with Gasteiger partial charge in [0.05, 0.1) is 0 Å². The monoisotopic (exact) mass is 297 g/mol. The van der Waals surface area contributed by atoms with Crippen LogP contribution in [0.1, 0.15) is 43.7 Å². The number of rotatable bonds is 8. The highest BCUT2D eigenvalue weighted by atomic mass is 32.2. The third-order valence-corrected chi connectivity index (χ3v) is 4.42. The summed E-state index contributed by atoms with van der Waals surface area (Å²) in [7, 11) is -2.86. The van der Waals surface area contributed by atoms with Crippen LogP contribution in [0.25, 0.3) is 0 Å². The zero-order valence-corrected chi connectivity index (χ0v) is 13.8. The summed E-state index contributed by atoms with van der Waals surface area (Å²) in [6.07, 6.45) is 2.92. The van der Waals surface area contributed by atoms with Crippen LogP contribution in [0.3, 0.4) is 0 Å². The van der Waals surface area contributed by atoms with Crippen LogP contribution in [0, 0.1) is 6.92 Å². The molecule has 3 nitrogen and oxygen atoms in total. The minimum Gasteiger partial charge on any atom is -0.314 e. The maximum Gasteiger partial charge on any atom is 0.147 e. The van der Waals surface area contributed by atoms with Crippen molar-refractivity contribution < 1.29 is 8.42 Å². The number of hydrogen-bond donors (Lipinski definition) is 1. The van der Waals surface area contributed by atoms with Crippen molar-refractivity contribution in [2.24, 2.45) is 0 Å². The molecule has 0 saturated carbocycles. The third kappa shape index (κ3) is 7.06. The molecule has 1 N–H and O–H groups in total. The first-order chi connectivity index (χ1) is 9.28. The lowest BCUT2D eigenvalue weighted by molar-refractivity contribution is 0.503. The van der Waals surface area contributed by atoms with Crippen molar-refractivity contribution in [1.82, 2.24) is 5.32 Å². The third-order valence-electron chi connectivity index (χ3n) is 3.39. The van der Waals surface area contributed by atoms with Crippen LogP contribution in [0.4, 0.5) is 0 Å². The molecule has 0 radical (unpaired) electrons. The number of nitrogens with one attached hydrogen (secondary N) is 1. The SMILES string of the molecule is Cc1ccc(C(CCCS(C)(=O)=O)CNC(C)C)cc1. The van der Waals surface area contributed by atoms with Crippen molar-refractivity contribution in [3.8, 4) is 0 Å². The molecule has 20 heavy (non-hydrogen) atoms. The van der Waals surface area contributed by atoms with E-state index in [9.17, 15) is 8.42 Å². The first-order valence-electron chi connectivity index (χ1n) is 7.25. The molecule has 0 saturated heterocycles. The van der Waals surface area contributed by atoms with E-state index in [4.69, 9.17) is 0 Å². The second-order valence-corrected chi connectivity index (χ2v) is 8.20. The fraction of sp³-hybridized carbons (Fsp3) is 0.625. The Bertz CT molecular complexity index is 492. The molecule has 114 valence electrons. The van der Waals surface area contributed by atoms with Gasteiger partial charge in [0.1, 0.15) is 9.84 Å². The molecule has 0 amide bonds. The van der Waals surface area contributed by atoms with E-state index in [1.165, 1.54) is 17.4 Å². The van der Waals surface area contributed by atoms with E-state index < -0.39 is 9.84 Å². The van der Waals surface area contributed by atoms with E-state index in [2.05, 4.69) is 50.4 Å². The van der Waals surface area contributed by atoms with Gasteiger partial charge in [-0.2, -0.15) is 0 Å². The molecule has 0 bridgehead atoms. The van der Waals surface area contributed by atoms with Gasteiger partial charge in [-0.05, 0) is 31.2 Å². The van der Waals surface area contributed by atoms with Crippen LogP contribution >= 0.6 is 0 Å². The molecule has 0 spiro atoms. The fourth-order valence-electron chi connectivity index (χ4n) is 2.20. The van der Waals surface area contributed by atoms with Gasteiger partial charge in [0, 0.05) is 24.6 Å². The largest absolute Gasteiger partial charge is 0.314 e. The number of sulfone groups is 1. The quantitative estimate of drug-likeness (QED) is 0.802. The van der Waals surface area contributed by atoms with Gasteiger partial charge in [0.2, 0.25) is 0 Å². The topological polar surface area (TPSA) is 46.2 Å². The highest BCUT2D eigenvalue weighted by molar-refractivity contribution is 7.90. The van der Waals surface area contributed by atoms with E-state index in [1.54, 1.807) is 0 Å². The van der Waals surface area contributed by atoms with Crippen molar-refractivity contribution in [1.29, 1.82) is 0 Å². The Morgan fingerprint density at radius 1 is 1.15 bits per heavy atom. The summed E-state index contributed by atoms with van der Waals surface area (Å²) >= 11 is 0. The molecule has 1 rings (SSSR count). The van der Waals surface area contributed by atoms with Gasteiger partial charge in [-0.25, -0.2) is 8.42 Å². The van der Waals surface area contributed by atoms with Crippen LogP contribution < -0.4 is 5.32 Å². The lowest BCUT2D eigenvalue weighted by Crippen LogP contribution is -2.28. The molecule has 0 aliphatic rings. The van der Waals surface area contributed by atoms with Gasteiger partial charge in [-0.1, -0.05) is 43.7 Å². The average molecular weight is 297 g/mol. The Morgan fingerprint density at radius 3 is 2.25 bits per heavy atom. The van der Waals surface area contributed by atoms with Gasteiger partial charge in [0.15, 0.2) is 0 Å². The highest BCUT2D eigenvalue weighted by Gasteiger charge is 2.13. The van der Waals surface area contributed by atoms with E-state index in [0.717, 1.165) is 19.4 Å². The smallest absolute Gasteiger partial charge is 0.147 e. The van der Waals surface area contributed by atoms with Crippen molar-refractivity contribution in [2.75, 3.05) is 18.6 Å². The van der Waals surface area contributed by atoms with Crippen molar-refractivity contribution in [3.05, 3.63) is 35.4 Å². The summed E-state index contributed by atoms with van der Waals surface area (Å²) in [4.78, 5) is 0. The molecule has 4 heteroatoms. The molecule has 1 atom stereocenters. The van der Waals surface area contributed by atoms with Gasteiger partial charge >= 0.3 is 0 Å². The normalized spacial score (nSPS) is 13.7. The molecule has 1 unspecified atom stereocenters. The lowest BCUT2D eigenvalue weighted by atomic mass is 9.93. The number of benzene rings is 1. The summed E-state index contributed by atoms with van der Waals surface area (Å²) in [5, 5.41) is 3.46. The molecule has 1 aromatic carbocycles. The number of hydrogen-bond acceptors (Lipinski definition) is 3. The molecule has 1 aromatic rings. The first kappa shape index (κ1) is 17.2. The average Bonchev–Trinajstić information content (AvgIpc) is 2.33. The molecule has 0 heterocycles. The zero-order chi connectivity index (χ0) is 15.2. The molecule has 0 fully saturated rings. The minimum absolute atomic E-state index is 0.275. The van der Waals surface area contributed by atoms with Crippen LogP contribution in [0.5, 0.6) is 0 Å². The van der Waals surface area contributed by atoms with Crippen LogP contribution in [-0.4, -0.2) is 33.0 Å². The zero-order valence-electron chi connectivity index (χ0n) is 13.0. The van der Waals surface area contributed by atoms with E-state index >= 15 is 0 Å². The Kier molecular flexibility index (Phi) is 6.69. The van der Waals surface area contributed by atoms with E-state index in [1.807, 2.05) is 0 Å². The first-order valence-corrected chi connectivity index (χ1v) is 9.31. The summed E-state index contributed by atoms with van der Waals surface area (Å²) in [6, 6.07) is 8.99. The van der Waals surface area contributed by atoms with Crippen LogP contribution in [0.2, 0.25) is 0 Å². The van der Waals surface area contributed by atoms with Crippen molar-refractivity contribution >= 4 is 9.84 Å². The summed E-state index contributed by atoms with van der Waals surface area (Å²) < 4.78 is 22.5. The molecule has 0 aromatic heterocycles. The second kappa shape index (κ2) is 7.79. The van der Waals surface area contributed by atoms with Gasteiger partial charge < -0.3 is 5.32 Å². The summed E-state index contributed by atoms with van der Waals surface area (Å²) in [5.74, 6) is 0.650. The Morgan fingerprint density at radius 2 is 1.75 bits per heavy atom. The predicted octanol–water partition coefficient (Wildman–Crippen LogP) is 2.90. The Labute approximate surface area is 123 Å². The van der Waals surface area contributed by atoms with Crippen molar-refractivity contribution in [3.63, 3.8) is 0 Å². The van der Waals surface area contributed by atoms with Crippen LogP contribution in [0.15, 0.2) is 24.3 Å². The highest BCUT2D eigenvalue weighted by Crippen LogP contribution is 2.21. The standard InChI is InChI=1S/C16H27NO2S/c1-13(2)17-12-16(6-5-11-20(4,18)19)15-9-7-14(3)8-10-15/h7-10,13,16-17H,5-6,11-12H2,1-4H3. The van der Waals surface area contributed by atoms with Gasteiger partial charge in [0.25, 0.3) is 0 Å². The molecule has 0 aliphatic heterocycles. The minimum atomic E-state index is -2.86. The summed E-state index contributed by atoms with van der Waals surface area (Å²) in [6.45, 7) is 7.23.